The summed E-state index contributed by atoms with van der Waals surface area (Å²) in [6.45, 7) is 0. The standard InChI is InChI=1S/C68H43N4.Ir/c1-3-19-47(20-4-1)63-44-49(65-29-13-16-38-69-65)32-35-60(63)58-26-10-7-23-55(58)52-41-53(43-54(42-52)57-25-9-12-28-62(57)68-37-34-51(46-72-68)67-31-15-18-40-71-67)56-24-8-11-27-59(56)61-36-33-50(66-30-14-17-39-70-66)45-64(61)48-21-5-2-6-22-48;/h1-31,35-46H;/q-3;+3. The summed E-state index contributed by atoms with van der Waals surface area (Å²) in [6, 6.07) is 93.5. The normalized spacial score (nSPS) is 10.9. The van der Waals surface area contributed by atoms with Crippen LogP contribution in [0.25, 0.3) is 123 Å². The van der Waals surface area contributed by atoms with Crippen LogP contribution in [0.3, 0.4) is 0 Å². The molecule has 0 bridgehead atoms. The van der Waals surface area contributed by atoms with Gasteiger partial charge in [-0.15, -0.1) is 65.2 Å². The molecule has 0 N–H and O–H groups in total. The fourth-order valence-corrected chi connectivity index (χ4v) is 9.64. The quantitative estimate of drug-likeness (QED) is 0.121. The van der Waals surface area contributed by atoms with Gasteiger partial charge in [-0.3, -0.25) is 0 Å². The van der Waals surface area contributed by atoms with E-state index in [0.717, 1.165) is 123 Å². The van der Waals surface area contributed by atoms with Crippen molar-refractivity contribution in [3.8, 4) is 123 Å². The molecule has 0 atom stereocenters. The Bertz CT molecular complexity index is 3640. The first kappa shape index (κ1) is 46.4. The van der Waals surface area contributed by atoms with Crippen LogP contribution >= 0.6 is 0 Å². The van der Waals surface area contributed by atoms with Crippen LogP contribution in [0, 0.1) is 18.2 Å². The summed E-state index contributed by atoms with van der Waals surface area (Å²) >= 11 is 0. The second-order valence-electron chi connectivity index (χ2n) is 17.5. The molecule has 0 saturated heterocycles. The van der Waals surface area contributed by atoms with Crippen molar-refractivity contribution in [2.75, 3.05) is 0 Å². The number of rotatable bonds is 11. The van der Waals surface area contributed by atoms with Gasteiger partial charge < -0.3 is 19.9 Å². The molecule has 0 spiro atoms. The zero-order chi connectivity index (χ0) is 48.1. The van der Waals surface area contributed by atoms with Crippen LogP contribution in [0.2, 0.25) is 0 Å². The molecule has 0 aliphatic carbocycles. The number of nitrogens with zero attached hydrogens (tertiary/aromatic N) is 4. The van der Waals surface area contributed by atoms with Crippen LogP contribution in [-0.4, -0.2) is 19.9 Å². The summed E-state index contributed by atoms with van der Waals surface area (Å²) < 4.78 is 0. The van der Waals surface area contributed by atoms with Crippen molar-refractivity contribution in [2.24, 2.45) is 0 Å². The number of pyridine rings is 4. The van der Waals surface area contributed by atoms with Gasteiger partial charge in [0.2, 0.25) is 0 Å². The average molecular weight is 1110 g/mol. The van der Waals surface area contributed by atoms with E-state index in [-0.39, 0.29) is 20.1 Å². The average Bonchev–Trinajstić information content (AvgIpc) is 3.48. The Hall–Kier alpha value is -8.99. The van der Waals surface area contributed by atoms with Gasteiger partial charge in [-0.25, -0.2) is 0 Å². The van der Waals surface area contributed by atoms with Gasteiger partial charge >= 0.3 is 20.1 Å². The summed E-state index contributed by atoms with van der Waals surface area (Å²) in [6.07, 6.45) is 7.32. The van der Waals surface area contributed by atoms with Crippen LogP contribution < -0.4 is 0 Å². The second kappa shape index (κ2) is 21.2. The van der Waals surface area contributed by atoms with Gasteiger partial charge in [0.1, 0.15) is 0 Å². The van der Waals surface area contributed by atoms with Crippen molar-refractivity contribution < 1.29 is 20.1 Å². The van der Waals surface area contributed by atoms with E-state index in [1.807, 2.05) is 79.3 Å². The molecule has 5 heteroatoms. The van der Waals surface area contributed by atoms with Crippen LogP contribution in [0.5, 0.6) is 0 Å². The van der Waals surface area contributed by atoms with Crippen molar-refractivity contribution in [3.63, 3.8) is 0 Å². The Labute approximate surface area is 439 Å². The monoisotopic (exact) mass is 1110 g/mol. The maximum absolute atomic E-state index is 5.03. The van der Waals surface area contributed by atoms with Crippen molar-refractivity contribution in [1.29, 1.82) is 0 Å². The molecule has 8 aromatic carbocycles. The van der Waals surface area contributed by atoms with Gasteiger partial charge in [-0.1, -0.05) is 209 Å². The zero-order valence-electron chi connectivity index (χ0n) is 39.4. The Morgan fingerprint density at radius 2 is 0.589 bits per heavy atom. The van der Waals surface area contributed by atoms with Gasteiger partial charge in [0.05, 0.1) is 0 Å². The molecule has 12 rings (SSSR count). The fourth-order valence-electron chi connectivity index (χ4n) is 9.64. The van der Waals surface area contributed by atoms with E-state index in [1.54, 1.807) is 6.20 Å². The van der Waals surface area contributed by atoms with E-state index >= 15 is 0 Å². The third-order valence-corrected chi connectivity index (χ3v) is 13.1. The molecule has 344 valence electrons. The Morgan fingerprint density at radius 3 is 0.986 bits per heavy atom. The van der Waals surface area contributed by atoms with Crippen LogP contribution in [-0.2, 0) is 20.1 Å². The topological polar surface area (TPSA) is 51.6 Å². The van der Waals surface area contributed by atoms with Crippen LogP contribution in [0.1, 0.15) is 0 Å². The Kier molecular flexibility index (Phi) is 13.4. The minimum atomic E-state index is 0. The molecular weight excluding hydrogens is 1060 g/mol. The van der Waals surface area contributed by atoms with E-state index in [4.69, 9.17) is 15.0 Å². The number of benzene rings is 8. The Balaban J connectivity index is 0.00000574. The van der Waals surface area contributed by atoms with E-state index in [2.05, 4.69) is 199 Å². The van der Waals surface area contributed by atoms with Gasteiger partial charge in [0.25, 0.3) is 0 Å². The first-order chi connectivity index (χ1) is 35.7. The number of aromatic nitrogens is 4. The van der Waals surface area contributed by atoms with E-state index in [0.29, 0.717) is 0 Å². The fraction of sp³-hybridized carbons (Fsp3) is 0. The largest absolute Gasteiger partial charge is 3.00 e. The minimum Gasteiger partial charge on any atom is -0.352 e. The molecule has 0 amide bonds. The van der Waals surface area contributed by atoms with Gasteiger partial charge in [-0.2, -0.15) is 0 Å². The van der Waals surface area contributed by atoms with Crippen molar-refractivity contribution in [2.45, 2.75) is 0 Å². The van der Waals surface area contributed by atoms with Gasteiger partial charge in [0, 0.05) is 18.6 Å². The molecule has 4 nitrogen and oxygen atoms in total. The summed E-state index contributed by atoms with van der Waals surface area (Å²) in [4.78, 5) is 19.0. The summed E-state index contributed by atoms with van der Waals surface area (Å²) in [5, 5.41) is 0. The molecule has 0 unspecified atom stereocenters. The van der Waals surface area contributed by atoms with Crippen LogP contribution in [0.4, 0.5) is 0 Å². The minimum absolute atomic E-state index is 0. The molecule has 0 aliphatic heterocycles. The molecule has 4 heterocycles. The molecule has 0 saturated carbocycles. The SMILES string of the molecule is [Ir+3].[c-]1cc(-c2ccccc2-c2cc(-c3ccccc3-c3c[c-]c(-c4ccccn4)cc3-c3ccccc3)cc(-c3ccccc3-c3c[c-]c(-c4ccccn4)cc3-c3ccccc3)c2)ncc1-c1ccccn1. The molecule has 0 fully saturated rings. The molecule has 0 aliphatic rings. The van der Waals surface area contributed by atoms with E-state index in [9.17, 15) is 0 Å². The molecule has 0 radical (unpaired) electrons. The predicted molar refractivity (Wildman–Crippen MR) is 294 cm³/mol. The number of hydrogen-bond donors (Lipinski definition) is 0. The smallest absolute Gasteiger partial charge is 0.352 e. The predicted octanol–water partition coefficient (Wildman–Crippen LogP) is 17.0. The maximum atomic E-state index is 5.03. The van der Waals surface area contributed by atoms with Crippen molar-refractivity contribution >= 4 is 0 Å². The summed E-state index contributed by atoms with van der Waals surface area (Å²) in [7, 11) is 0. The molecule has 12 aromatic rings. The first-order valence-corrected chi connectivity index (χ1v) is 24.0. The summed E-state index contributed by atoms with van der Waals surface area (Å²) in [5.41, 5.74) is 22.3. The Morgan fingerprint density at radius 1 is 0.233 bits per heavy atom. The third-order valence-electron chi connectivity index (χ3n) is 13.1. The van der Waals surface area contributed by atoms with Crippen molar-refractivity contribution in [3.05, 3.63) is 280 Å². The van der Waals surface area contributed by atoms with E-state index in [1.165, 1.54) is 0 Å². The molecule has 73 heavy (non-hydrogen) atoms. The third kappa shape index (κ3) is 9.64. The first-order valence-electron chi connectivity index (χ1n) is 24.0. The molecular formula is C68H43IrN4. The zero-order valence-corrected chi connectivity index (χ0v) is 41.8. The van der Waals surface area contributed by atoms with Crippen molar-refractivity contribution in [1.82, 2.24) is 19.9 Å². The molecule has 4 aromatic heterocycles. The number of hydrogen-bond acceptors (Lipinski definition) is 4. The van der Waals surface area contributed by atoms with Gasteiger partial charge in [-0.05, 0) is 109 Å². The van der Waals surface area contributed by atoms with Crippen LogP contribution in [0.15, 0.2) is 261 Å². The second-order valence-corrected chi connectivity index (χ2v) is 17.5. The summed E-state index contributed by atoms with van der Waals surface area (Å²) in [5.74, 6) is 0. The maximum Gasteiger partial charge on any atom is 3.00 e. The van der Waals surface area contributed by atoms with Gasteiger partial charge in [0.15, 0.2) is 0 Å². The van der Waals surface area contributed by atoms with E-state index < -0.39 is 0 Å².